The number of ether oxygens (including phenoxy) is 1. The van der Waals surface area contributed by atoms with Crippen molar-refractivity contribution < 1.29 is 4.74 Å². The van der Waals surface area contributed by atoms with Gasteiger partial charge in [-0.1, -0.05) is 43.2 Å². The lowest BCUT2D eigenvalue weighted by molar-refractivity contribution is 0.0948. The maximum Gasteiger partial charge on any atom is 0.0587 e. The summed E-state index contributed by atoms with van der Waals surface area (Å²) < 4.78 is 5.15. The normalized spacial score (nSPS) is 25.1. The molecule has 1 aliphatic rings. The number of benzene rings is 1. The molecule has 0 spiro atoms. The van der Waals surface area contributed by atoms with Gasteiger partial charge in [0.15, 0.2) is 0 Å². The third kappa shape index (κ3) is 3.87. The van der Waals surface area contributed by atoms with Crippen molar-refractivity contribution in [2.45, 2.75) is 46.0 Å². The first-order valence-electron chi connectivity index (χ1n) is 8.25. The lowest BCUT2D eigenvalue weighted by Gasteiger charge is -2.50. The molecule has 2 rings (SSSR count). The molecule has 1 N–H and O–H groups in total. The molecule has 0 aliphatic heterocycles. The van der Waals surface area contributed by atoms with Crippen molar-refractivity contribution in [2.24, 2.45) is 11.8 Å². The zero-order valence-corrected chi connectivity index (χ0v) is 14.3. The van der Waals surface area contributed by atoms with Crippen molar-refractivity contribution in [2.75, 3.05) is 26.8 Å². The Morgan fingerprint density at radius 1 is 1.19 bits per heavy atom. The average Bonchev–Trinajstić information content (AvgIpc) is 2.35. The van der Waals surface area contributed by atoms with Gasteiger partial charge in [0.05, 0.1) is 6.61 Å². The maximum absolute atomic E-state index is 5.15. The van der Waals surface area contributed by atoms with Crippen molar-refractivity contribution in [3.05, 3.63) is 34.9 Å². The van der Waals surface area contributed by atoms with Crippen LogP contribution in [0.15, 0.2) is 18.2 Å². The number of nitrogens with one attached hydrogen (secondary N) is 1. The average molecular weight is 289 g/mol. The molecule has 1 aliphatic carbocycles. The van der Waals surface area contributed by atoms with Crippen LogP contribution in [0.2, 0.25) is 0 Å². The lowest BCUT2D eigenvalue weighted by Crippen LogP contribution is -2.50. The molecule has 0 bridgehead atoms. The van der Waals surface area contributed by atoms with Gasteiger partial charge in [0, 0.05) is 25.6 Å². The third-order valence-electron chi connectivity index (χ3n) is 5.03. The lowest BCUT2D eigenvalue weighted by atomic mass is 9.55. The van der Waals surface area contributed by atoms with Gasteiger partial charge in [0.1, 0.15) is 0 Å². The van der Waals surface area contributed by atoms with Crippen LogP contribution in [0.4, 0.5) is 0 Å². The van der Waals surface area contributed by atoms with Gasteiger partial charge >= 0.3 is 0 Å². The SMILES string of the molecule is COCCNCC1(c2cc(C)cc(C)c2)CC(C(C)C)C1. The molecule has 2 nitrogen and oxygen atoms in total. The number of methoxy groups -OCH3 is 1. The molecule has 21 heavy (non-hydrogen) atoms. The van der Waals surface area contributed by atoms with E-state index in [9.17, 15) is 0 Å². The van der Waals surface area contributed by atoms with Crippen LogP contribution in [0.1, 0.15) is 43.4 Å². The molecule has 1 fully saturated rings. The molecule has 0 unspecified atom stereocenters. The Hall–Kier alpha value is -0.860. The predicted molar refractivity (Wildman–Crippen MR) is 89.9 cm³/mol. The molecule has 1 aromatic rings. The molecule has 1 saturated carbocycles. The highest BCUT2D eigenvalue weighted by Gasteiger charge is 2.46. The Labute approximate surface area is 130 Å². The smallest absolute Gasteiger partial charge is 0.0587 e. The highest BCUT2D eigenvalue weighted by Crippen LogP contribution is 2.50. The van der Waals surface area contributed by atoms with Gasteiger partial charge in [-0.2, -0.15) is 0 Å². The molecule has 0 amide bonds. The summed E-state index contributed by atoms with van der Waals surface area (Å²) in [6.45, 7) is 11.9. The number of hydrogen-bond acceptors (Lipinski definition) is 2. The molecule has 0 aromatic heterocycles. The maximum atomic E-state index is 5.15. The predicted octanol–water partition coefficient (Wildman–Crippen LogP) is 3.84. The number of aryl methyl sites for hydroxylation is 2. The van der Waals surface area contributed by atoms with E-state index < -0.39 is 0 Å². The fraction of sp³-hybridized carbons (Fsp3) is 0.684. The van der Waals surface area contributed by atoms with E-state index >= 15 is 0 Å². The van der Waals surface area contributed by atoms with E-state index in [0.717, 1.165) is 31.5 Å². The van der Waals surface area contributed by atoms with E-state index in [1.54, 1.807) is 7.11 Å². The zero-order valence-electron chi connectivity index (χ0n) is 14.3. The Morgan fingerprint density at radius 3 is 2.33 bits per heavy atom. The van der Waals surface area contributed by atoms with Crippen LogP contribution in [0.3, 0.4) is 0 Å². The van der Waals surface area contributed by atoms with Gasteiger partial charge in [-0.3, -0.25) is 0 Å². The summed E-state index contributed by atoms with van der Waals surface area (Å²) in [5.41, 5.74) is 4.63. The van der Waals surface area contributed by atoms with Crippen LogP contribution in [-0.2, 0) is 10.2 Å². The van der Waals surface area contributed by atoms with Crippen LogP contribution in [0.25, 0.3) is 0 Å². The summed E-state index contributed by atoms with van der Waals surface area (Å²) in [4.78, 5) is 0. The summed E-state index contributed by atoms with van der Waals surface area (Å²) in [6.07, 6.45) is 2.63. The third-order valence-corrected chi connectivity index (χ3v) is 5.03. The minimum Gasteiger partial charge on any atom is -0.383 e. The van der Waals surface area contributed by atoms with Crippen molar-refractivity contribution in [3.8, 4) is 0 Å². The summed E-state index contributed by atoms with van der Waals surface area (Å²) >= 11 is 0. The van der Waals surface area contributed by atoms with Crippen LogP contribution in [0, 0.1) is 25.7 Å². The second kappa shape index (κ2) is 6.93. The van der Waals surface area contributed by atoms with Crippen molar-refractivity contribution >= 4 is 0 Å². The quantitative estimate of drug-likeness (QED) is 0.770. The van der Waals surface area contributed by atoms with Crippen molar-refractivity contribution in [3.63, 3.8) is 0 Å². The van der Waals surface area contributed by atoms with E-state index in [-0.39, 0.29) is 0 Å². The molecule has 2 heteroatoms. The van der Waals surface area contributed by atoms with E-state index in [1.165, 1.54) is 29.5 Å². The van der Waals surface area contributed by atoms with Gasteiger partial charge in [-0.25, -0.2) is 0 Å². The van der Waals surface area contributed by atoms with Crippen molar-refractivity contribution in [1.29, 1.82) is 0 Å². The van der Waals surface area contributed by atoms with Gasteiger partial charge in [-0.05, 0) is 44.1 Å². The van der Waals surface area contributed by atoms with Crippen LogP contribution < -0.4 is 5.32 Å². The second-order valence-corrected chi connectivity index (χ2v) is 7.24. The van der Waals surface area contributed by atoms with Crippen molar-refractivity contribution in [1.82, 2.24) is 5.32 Å². The Bertz CT molecular complexity index is 440. The standard InChI is InChI=1S/C19H31NO/c1-14(2)17-11-19(12-17,13-20-6-7-21-5)18-9-15(3)8-16(4)10-18/h8-10,14,17,20H,6-7,11-13H2,1-5H3. The molecule has 0 heterocycles. The fourth-order valence-corrected chi connectivity index (χ4v) is 3.68. The Kier molecular flexibility index (Phi) is 5.45. The molecular formula is C19H31NO. The molecule has 0 saturated heterocycles. The van der Waals surface area contributed by atoms with Gasteiger partial charge in [0.2, 0.25) is 0 Å². The van der Waals surface area contributed by atoms with Crippen LogP contribution >= 0.6 is 0 Å². The monoisotopic (exact) mass is 289 g/mol. The van der Waals surface area contributed by atoms with Crippen LogP contribution in [0.5, 0.6) is 0 Å². The van der Waals surface area contributed by atoms with Gasteiger partial charge in [0.25, 0.3) is 0 Å². The largest absolute Gasteiger partial charge is 0.383 e. The minimum atomic E-state index is 0.333. The molecule has 118 valence electrons. The van der Waals surface area contributed by atoms with Gasteiger partial charge < -0.3 is 10.1 Å². The summed E-state index contributed by atoms with van der Waals surface area (Å²) in [5, 5.41) is 3.60. The molecule has 0 radical (unpaired) electrons. The van der Waals surface area contributed by atoms with E-state index in [1.807, 2.05) is 0 Å². The van der Waals surface area contributed by atoms with E-state index in [0.29, 0.717) is 5.41 Å². The topological polar surface area (TPSA) is 21.3 Å². The zero-order chi connectivity index (χ0) is 15.5. The van der Waals surface area contributed by atoms with E-state index in [4.69, 9.17) is 4.74 Å². The summed E-state index contributed by atoms with van der Waals surface area (Å²) in [5.74, 6) is 1.66. The number of rotatable bonds is 7. The highest BCUT2D eigenvalue weighted by atomic mass is 16.5. The minimum absolute atomic E-state index is 0.333. The Morgan fingerprint density at radius 2 is 1.81 bits per heavy atom. The first-order valence-corrected chi connectivity index (χ1v) is 8.25. The van der Waals surface area contributed by atoms with Gasteiger partial charge in [-0.15, -0.1) is 0 Å². The highest BCUT2D eigenvalue weighted by molar-refractivity contribution is 5.36. The second-order valence-electron chi connectivity index (χ2n) is 7.24. The Balaban J connectivity index is 2.13. The van der Waals surface area contributed by atoms with Crippen LogP contribution in [-0.4, -0.2) is 26.8 Å². The molecular weight excluding hydrogens is 258 g/mol. The number of hydrogen-bond donors (Lipinski definition) is 1. The van der Waals surface area contributed by atoms with E-state index in [2.05, 4.69) is 51.2 Å². The molecule has 1 aromatic carbocycles. The summed E-state index contributed by atoms with van der Waals surface area (Å²) in [6, 6.07) is 7.05. The fourth-order valence-electron chi connectivity index (χ4n) is 3.68. The first-order chi connectivity index (χ1) is 9.97. The molecule has 0 atom stereocenters. The first kappa shape index (κ1) is 16.5. The summed E-state index contributed by atoms with van der Waals surface area (Å²) in [7, 11) is 1.76.